The third kappa shape index (κ3) is 5.40. The molecule has 0 spiro atoms. The number of rotatable bonds is 9. The van der Waals surface area contributed by atoms with Crippen LogP contribution in [0.4, 0.5) is 5.69 Å². The van der Waals surface area contributed by atoms with Crippen LogP contribution in [0.15, 0.2) is 58.5 Å². The zero-order chi connectivity index (χ0) is 21.5. The van der Waals surface area contributed by atoms with Gasteiger partial charge in [-0.25, -0.2) is 9.89 Å². The molecule has 0 aliphatic carbocycles. The number of methoxy groups -OCH3 is 1. The topological polar surface area (TPSA) is 89.0 Å². The molecular formula is C22H26N4O3S. The van der Waals surface area contributed by atoms with Crippen molar-refractivity contribution >= 4 is 23.4 Å². The average Bonchev–Trinajstić information content (AvgIpc) is 3.09. The molecule has 0 bridgehead atoms. The van der Waals surface area contributed by atoms with Crippen molar-refractivity contribution in [3.8, 4) is 0 Å². The summed E-state index contributed by atoms with van der Waals surface area (Å²) in [5, 5.41) is 9.59. The maximum Gasteiger partial charge on any atom is 0.343 e. The number of thioether (sulfide) groups is 1. The Morgan fingerprint density at radius 3 is 2.73 bits per heavy atom. The summed E-state index contributed by atoms with van der Waals surface area (Å²) in [5.74, 6) is -0.168. The van der Waals surface area contributed by atoms with E-state index in [2.05, 4.69) is 15.5 Å². The number of aromatic amines is 1. The van der Waals surface area contributed by atoms with E-state index >= 15 is 0 Å². The molecule has 2 aromatic carbocycles. The van der Waals surface area contributed by atoms with Gasteiger partial charge < -0.3 is 10.1 Å². The summed E-state index contributed by atoms with van der Waals surface area (Å²) in [5.41, 5.74) is 3.38. The fourth-order valence-electron chi connectivity index (χ4n) is 3.03. The lowest BCUT2D eigenvalue weighted by Crippen LogP contribution is -2.22. The highest BCUT2D eigenvalue weighted by Gasteiger charge is 2.25. The molecule has 2 N–H and O–H groups in total. The van der Waals surface area contributed by atoms with Crippen LogP contribution in [-0.4, -0.2) is 34.4 Å². The molecule has 7 nitrogen and oxygen atoms in total. The molecular weight excluding hydrogens is 400 g/mol. The normalized spacial score (nSPS) is 12.0. The summed E-state index contributed by atoms with van der Waals surface area (Å²) in [6.45, 7) is 4.95. The number of ether oxygens (including phenoxy) is 1. The molecule has 1 unspecified atom stereocenters. The van der Waals surface area contributed by atoms with E-state index in [0.717, 1.165) is 22.4 Å². The zero-order valence-electron chi connectivity index (χ0n) is 17.3. The van der Waals surface area contributed by atoms with Crippen LogP contribution in [0.2, 0.25) is 0 Å². The van der Waals surface area contributed by atoms with E-state index < -0.39 is 5.25 Å². The quantitative estimate of drug-likeness (QED) is 0.402. The molecule has 1 atom stereocenters. The number of hydrogen-bond donors (Lipinski definition) is 2. The minimum atomic E-state index is -0.567. The van der Waals surface area contributed by atoms with Gasteiger partial charge in [-0.3, -0.25) is 9.36 Å². The van der Waals surface area contributed by atoms with Crippen LogP contribution >= 0.6 is 11.8 Å². The van der Waals surface area contributed by atoms with Gasteiger partial charge in [0.1, 0.15) is 5.25 Å². The number of aryl methyl sites for hydroxylation is 2. The molecule has 0 saturated heterocycles. The van der Waals surface area contributed by atoms with Gasteiger partial charge in [0.15, 0.2) is 5.16 Å². The van der Waals surface area contributed by atoms with Gasteiger partial charge in [-0.15, -0.1) is 5.10 Å². The van der Waals surface area contributed by atoms with Crippen molar-refractivity contribution in [2.24, 2.45) is 0 Å². The first kappa shape index (κ1) is 21.9. The van der Waals surface area contributed by atoms with Crippen molar-refractivity contribution in [2.45, 2.75) is 37.2 Å². The number of hydrogen-bond acceptors (Lipinski definition) is 5. The van der Waals surface area contributed by atoms with E-state index in [-0.39, 0.29) is 11.6 Å². The van der Waals surface area contributed by atoms with Gasteiger partial charge >= 0.3 is 5.69 Å². The first-order valence-corrected chi connectivity index (χ1v) is 10.6. The maximum atomic E-state index is 13.3. The van der Waals surface area contributed by atoms with E-state index in [4.69, 9.17) is 4.74 Å². The molecule has 1 aromatic heterocycles. The summed E-state index contributed by atoms with van der Waals surface area (Å²) in [7, 11) is 1.62. The number of anilines is 1. The standard InChI is InChI=1S/C22H26N4O3S/c1-15-10-11-16(2)18(14-15)23-20(27)19(17-8-5-4-6-9-17)30-22-25-24-21(28)26(22)12-7-13-29-3/h4-6,8-11,14,19H,7,12-13H2,1-3H3,(H,23,27)(H,24,28). The Hall–Kier alpha value is -2.84. The second kappa shape index (κ2) is 10.3. The van der Waals surface area contributed by atoms with Crippen LogP contribution in [0.3, 0.4) is 0 Å². The van der Waals surface area contributed by atoms with E-state index in [0.29, 0.717) is 24.7 Å². The van der Waals surface area contributed by atoms with Crippen LogP contribution in [0.25, 0.3) is 0 Å². The molecule has 8 heteroatoms. The summed E-state index contributed by atoms with van der Waals surface area (Å²) in [6.07, 6.45) is 0.675. The fraction of sp³-hybridized carbons (Fsp3) is 0.318. The van der Waals surface area contributed by atoms with Crippen LogP contribution in [-0.2, 0) is 16.1 Å². The Bertz CT molecular complexity index is 1050. The Balaban J connectivity index is 1.88. The monoisotopic (exact) mass is 426 g/mol. The minimum Gasteiger partial charge on any atom is -0.385 e. The van der Waals surface area contributed by atoms with Crippen molar-refractivity contribution in [3.63, 3.8) is 0 Å². The smallest absolute Gasteiger partial charge is 0.343 e. The third-order valence-corrected chi connectivity index (χ3v) is 5.91. The van der Waals surface area contributed by atoms with Gasteiger partial charge in [0.05, 0.1) is 0 Å². The van der Waals surface area contributed by atoms with E-state index in [1.54, 1.807) is 11.7 Å². The molecule has 1 amide bonds. The number of H-pyrrole nitrogens is 1. The predicted molar refractivity (Wildman–Crippen MR) is 119 cm³/mol. The lowest BCUT2D eigenvalue weighted by Gasteiger charge is -2.18. The largest absolute Gasteiger partial charge is 0.385 e. The van der Waals surface area contributed by atoms with Crippen LogP contribution in [0.1, 0.15) is 28.4 Å². The summed E-state index contributed by atoms with van der Waals surface area (Å²) >= 11 is 1.25. The summed E-state index contributed by atoms with van der Waals surface area (Å²) in [4.78, 5) is 25.5. The molecule has 3 rings (SSSR count). The molecule has 158 valence electrons. The van der Waals surface area contributed by atoms with Crippen LogP contribution < -0.4 is 11.0 Å². The second-order valence-electron chi connectivity index (χ2n) is 7.03. The van der Waals surface area contributed by atoms with Crippen molar-refractivity contribution < 1.29 is 9.53 Å². The van der Waals surface area contributed by atoms with Crippen molar-refractivity contribution in [1.82, 2.24) is 14.8 Å². The second-order valence-corrected chi connectivity index (χ2v) is 8.10. The maximum absolute atomic E-state index is 13.3. The highest BCUT2D eigenvalue weighted by Crippen LogP contribution is 2.35. The van der Waals surface area contributed by atoms with Gasteiger partial charge in [-0.2, -0.15) is 0 Å². The van der Waals surface area contributed by atoms with E-state index in [1.807, 2.05) is 62.4 Å². The molecule has 0 fully saturated rings. The average molecular weight is 427 g/mol. The number of aromatic nitrogens is 3. The van der Waals surface area contributed by atoms with E-state index in [9.17, 15) is 9.59 Å². The van der Waals surface area contributed by atoms with Gasteiger partial charge in [0.25, 0.3) is 0 Å². The first-order chi connectivity index (χ1) is 14.5. The Labute approximate surface area is 179 Å². The molecule has 0 saturated carbocycles. The van der Waals surface area contributed by atoms with Crippen LogP contribution in [0, 0.1) is 13.8 Å². The predicted octanol–water partition coefficient (Wildman–Crippen LogP) is 3.70. The number of carbonyl (C=O) groups is 1. The molecule has 30 heavy (non-hydrogen) atoms. The molecule has 3 aromatic rings. The summed E-state index contributed by atoms with van der Waals surface area (Å²) in [6, 6.07) is 15.4. The SMILES string of the molecule is COCCCn1c(SC(C(=O)Nc2cc(C)ccc2C)c2ccccc2)n[nH]c1=O. The first-order valence-electron chi connectivity index (χ1n) is 9.73. The molecule has 0 aliphatic heterocycles. The molecule has 1 heterocycles. The third-order valence-electron chi connectivity index (χ3n) is 4.67. The van der Waals surface area contributed by atoms with Crippen molar-refractivity contribution in [2.75, 3.05) is 19.0 Å². The number of nitrogens with zero attached hydrogens (tertiary/aromatic N) is 2. The lowest BCUT2D eigenvalue weighted by molar-refractivity contribution is -0.115. The Morgan fingerprint density at radius 1 is 1.23 bits per heavy atom. The van der Waals surface area contributed by atoms with Gasteiger partial charge in [0.2, 0.25) is 5.91 Å². The molecule has 0 aliphatic rings. The lowest BCUT2D eigenvalue weighted by atomic mass is 10.1. The number of benzene rings is 2. The number of nitrogens with one attached hydrogen (secondary N) is 2. The van der Waals surface area contributed by atoms with Crippen LogP contribution in [0.5, 0.6) is 0 Å². The zero-order valence-corrected chi connectivity index (χ0v) is 18.2. The highest BCUT2D eigenvalue weighted by molar-refractivity contribution is 8.00. The van der Waals surface area contributed by atoms with Gasteiger partial charge in [0, 0.05) is 25.9 Å². The Kier molecular flexibility index (Phi) is 7.48. The number of amides is 1. The molecule has 0 radical (unpaired) electrons. The van der Waals surface area contributed by atoms with Crippen molar-refractivity contribution in [3.05, 3.63) is 75.7 Å². The minimum absolute atomic E-state index is 0.168. The van der Waals surface area contributed by atoms with Crippen molar-refractivity contribution in [1.29, 1.82) is 0 Å². The highest BCUT2D eigenvalue weighted by atomic mass is 32.2. The summed E-state index contributed by atoms with van der Waals surface area (Å²) < 4.78 is 6.63. The fourth-order valence-corrected chi connectivity index (χ4v) is 4.10. The van der Waals surface area contributed by atoms with Gasteiger partial charge in [-0.1, -0.05) is 54.2 Å². The van der Waals surface area contributed by atoms with E-state index in [1.165, 1.54) is 11.8 Å². The Morgan fingerprint density at radius 2 is 2.00 bits per heavy atom. The van der Waals surface area contributed by atoms with Gasteiger partial charge in [-0.05, 0) is 43.0 Å². The number of carbonyl (C=O) groups excluding carboxylic acids is 1.